The highest BCUT2D eigenvalue weighted by atomic mass is 32.2. The Morgan fingerprint density at radius 3 is 2.26 bits per heavy atom. The van der Waals surface area contributed by atoms with Gasteiger partial charge < -0.3 is 4.90 Å². The summed E-state index contributed by atoms with van der Waals surface area (Å²) >= 11 is 1.28. The van der Waals surface area contributed by atoms with Gasteiger partial charge in [-0.2, -0.15) is 0 Å². The van der Waals surface area contributed by atoms with Crippen LogP contribution in [-0.2, 0) is 4.79 Å². The van der Waals surface area contributed by atoms with Crippen LogP contribution in [0.25, 0.3) is 5.69 Å². The van der Waals surface area contributed by atoms with E-state index in [1.54, 1.807) is 24.3 Å². The lowest BCUT2D eigenvalue weighted by Gasteiger charge is -2.27. The molecule has 0 bridgehead atoms. The van der Waals surface area contributed by atoms with Crippen LogP contribution in [0.4, 0.5) is 5.95 Å². The molecule has 0 spiro atoms. The van der Waals surface area contributed by atoms with Crippen LogP contribution in [-0.4, -0.2) is 45.4 Å². The summed E-state index contributed by atoms with van der Waals surface area (Å²) in [5.74, 6) is 0.210. The first kappa shape index (κ1) is 20.9. The molecule has 2 amide bonds. The van der Waals surface area contributed by atoms with Crippen LogP contribution >= 0.6 is 11.8 Å². The normalized spacial score (nSPS) is 13.6. The van der Waals surface area contributed by atoms with Gasteiger partial charge in [-0.3, -0.25) is 25.0 Å². The summed E-state index contributed by atoms with van der Waals surface area (Å²) in [6.07, 6.45) is 3.49. The number of aromatic nitrogens is 3. The molecule has 31 heavy (non-hydrogen) atoms. The molecule has 1 aliphatic rings. The number of nitrogens with one attached hydrogen (secondary N) is 2. The standard InChI is InChI=1S/C22H24N6O2S/c29-19(23-24-20(30)17-10-4-1-5-11-17)16-31-22-26-25-21(27-14-8-3-9-15-27)28(22)18-12-6-2-7-13-18/h1-2,4-7,10-13H,3,8-9,14-16H2,(H,23,29)(H,24,30). The molecule has 1 saturated heterocycles. The van der Waals surface area contributed by atoms with Gasteiger partial charge in [-0.15, -0.1) is 10.2 Å². The van der Waals surface area contributed by atoms with Gasteiger partial charge in [-0.25, -0.2) is 0 Å². The number of rotatable bonds is 6. The first-order valence-electron chi connectivity index (χ1n) is 10.3. The van der Waals surface area contributed by atoms with Crippen molar-refractivity contribution in [3.63, 3.8) is 0 Å². The fourth-order valence-electron chi connectivity index (χ4n) is 3.41. The quantitative estimate of drug-likeness (QED) is 0.456. The number of hydrogen-bond donors (Lipinski definition) is 2. The molecule has 0 aliphatic carbocycles. The number of amides is 2. The van der Waals surface area contributed by atoms with Crippen LogP contribution in [0.15, 0.2) is 65.8 Å². The van der Waals surface area contributed by atoms with Crippen molar-refractivity contribution in [1.82, 2.24) is 25.6 Å². The van der Waals surface area contributed by atoms with Crippen molar-refractivity contribution in [3.8, 4) is 5.69 Å². The summed E-state index contributed by atoms with van der Waals surface area (Å²) in [7, 11) is 0. The predicted molar refractivity (Wildman–Crippen MR) is 120 cm³/mol. The number of hydrazine groups is 1. The van der Waals surface area contributed by atoms with Gasteiger partial charge in [0.05, 0.1) is 11.4 Å². The van der Waals surface area contributed by atoms with Crippen LogP contribution in [0.1, 0.15) is 29.6 Å². The van der Waals surface area contributed by atoms with E-state index >= 15 is 0 Å². The molecule has 2 N–H and O–H groups in total. The van der Waals surface area contributed by atoms with Crippen molar-refractivity contribution >= 4 is 29.5 Å². The molecule has 0 radical (unpaired) electrons. The number of anilines is 1. The molecule has 0 atom stereocenters. The molecule has 4 rings (SSSR count). The second-order valence-electron chi connectivity index (χ2n) is 7.16. The summed E-state index contributed by atoms with van der Waals surface area (Å²) in [5.41, 5.74) is 6.32. The molecule has 9 heteroatoms. The summed E-state index contributed by atoms with van der Waals surface area (Å²) in [6, 6.07) is 18.6. The summed E-state index contributed by atoms with van der Waals surface area (Å²) in [5, 5.41) is 9.41. The van der Waals surface area contributed by atoms with Crippen LogP contribution in [0.2, 0.25) is 0 Å². The monoisotopic (exact) mass is 436 g/mol. The third-order valence-corrected chi connectivity index (χ3v) is 5.88. The zero-order valence-electron chi connectivity index (χ0n) is 17.0. The molecular weight excluding hydrogens is 412 g/mol. The Morgan fingerprint density at radius 1 is 0.871 bits per heavy atom. The van der Waals surface area contributed by atoms with Gasteiger partial charge in [0.2, 0.25) is 11.9 Å². The molecular formula is C22H24N6O2S. The van der Waals surface area contributed by atoms with Gasteiger partial charge in [0.1, 0.15) is 0 Å². The third kappa shape index (κ3) is 5.24. The molecule has 8 nitrogen and oxygen atoms in total. The number of hydrogen-bond acceptors (Lipinski definition) is 6. The number of nitrogens with zero attached hydrogens (tertiary/aromatic N) is 4. The van der Waals surface area contributed by atoms with Crippen LogP contribution in [0, 0.1) is 0 Å². The zero-order chi connectivity index (χ0) is 21.5. The number of piperidine rings is 1. The predicted octanol–water partition coefficient (Wildman–Crippen LogP) is 2.81. The maximum absolute atomic E-state index is 12.3. The van der Waals surface area contributed by atoms with E-state index in [0.29, 0.717) is 10.7 Å². The van der Waals surface area contributed by atoms with E-state index in [-0.39, 0.29) is 17.6 Å². The van der Waals surface area contributed by atoms with Gasteiger partial charge in [0, 0.05) is 18.7 Å². The fraction of sp³-hybridized carbons (Fsp3) is 0.273. The Morgan fingerprint density at radius 2 is 1.55 bits per heavy atom. The van der Waals surface area contributed by atoms with E-state index < -0.39 is 0 Å². The molecule has 1 aliphatic heterocycles. The minimum atomic E-state index is -0.362. The van der Waals surface area contributed by atoms with Gasteiger partial charge in [0.25, 0.3) is 5.91 Å². The van der Waals surface area contributed by atoms with Crippen molar-refractivity contribution in [3.05, 3.63) is 66.2 Å². The maximum atomic E-state index is 12.3. The largest absolute Gasteiger partial charge is 0.341 e. The molecule has 0 unspecified atom stereocenters. The van der Waals surface area contributed by atoms with E-state index in [1.165, 1.54) is 18.2 Å². The van der Waals surface area contributed by atoms with Crippen LogP contribution in [0.3, 0.4) is 0 Å². The molecule has 1 aromatic heterocycles. The number of benzene rings is 2. The molecule has 160 valence electrons. The van der Waals surface area contributed by atoms with Crippen molar-refractivity contribution in [2.24, 2.45) is 0 Å². The molecule has 1 fully saturated rings. The summed E-state index contributed by atoms with van der Waals surface area (Å²) < 4.78 is 1.99. The van der Waals surface area contributed by atoms with E-state index in [2.05, 4.69) is 25.9 Å². The zero-order valence-corrected chi connectivity index (χ0v) is 17.8. The number of para-hydroxylation sites is 1. The Bertz CT molecular complexity index is 1020. The van der Waals surface area contributed by atoms with Crippen LogP contribution in [0.5, 0.6) is 0 Å². The van der Waals surface area contributed by atoms with Gasteiger partial charge in [-0.05, 0) is 43.5 Å². The minimum Gasteiger partial charge on any atom is -0.341 e. The topological polar surface area (TPSA) is 92.2 Å². The lowest BCUT2D eigenvalue weighted by Crippen LogP contribution is -2.42. The minimum absolute atomic E-state index is 0.0973. The summed E-state index contributed by atoms with van der Waals surface area (Å²) in [6.45, 7) is 1.89. The Balaban J connectivity index is 1.42. The molecule has 3 aromatic rings. The van der Waals surface area contributed by atoms with Crippen molar-refractivity contribution < 1.29 is 9.59 Å². The smallest absolute Gasteiger partial charge is 0.269 e. The van der Waals surface area contributed by atoms with E-state index in [0.717, 1.165) is 37.6 Å². The first-order valence-corrected chi connectivity index (χ1v) is 11.2. The fourth-order valence-corrected chi connectivity index (χ4v) is 4.16. The Labute approximate surface area is 185 Å². The van der Waals surface area contributed by atoms with Crippen molar-refractivity contribution in [2.75, 3.05) is 23.7 Å². The van der Waals surface area contributed by atoms with E-state index in [4.69, 9.17) is 0 Å². The Kier molecular flexibility index (Phi) is 6.83. The first-order chi connectivity index (χ1) is 15.2. The lowest BCUT2D eigenvalue weighted by molar-refractivity contribution is -0.119. The maximum Gasteiger partial charge on any atom is 0.269 e. The van der Waals surface area contributed by atoms with Gasteiger partial charge >= 0.3 is 0 Å². The highest BCUT2D eigenvalue weighted by Crippen LogP contribution is 2.28. The molecule has 0 saturated carbocycles. The van der Waals surface area contributed by atoms with Crippen molar-refractivity contribution in [2.45, 2.75) is 24.4 Å². The Hall–Kier alpha value is -3.33. The van der Waals surface area contributed by atoms with Crippen LogP contribution < -0.4 is 15.8 Å². The second-order valence-corrected chi connectivity index (χ2v) is 8.10. The van der Waals surface area contributed by atoms with E-state index in [1.807, 2.05) is 41.0 Å². The summed E-state index contributed by atoms with van der Waals surface area (Å²) in [4.78, 5) is 26.6. The number of carbonyl (C=O) groups excluding carboxylic acids is 2. The average molecular weight is 437 g/mol. The number of thioether (sulfide) groups is 1. The number of carbonyl (C=O) groups is 2. The van der Waals surface area contributed by atoms with Crippen molar-refractivity contribution in [1.29, 1.82) is 0 Å². The average Bonchev–Trinajstić information content (AvgIpc) is 3.27. The molecule has 2 heterocycles. The second kappa shape index (κ2) is 10.1. The molecule has 2 aromatic carbocycles. The van der Waals surface area contributed by atoms with Gasteiger partial charge in [0.15, 0.2) is 5.16 Å². The van der Waals surface area contributed by atoms with Gasteiger partial charge in [-0.1, -0.05) is 48.2 Å². The highest BCUT2D eigenvalue weighted by molar-refractivity contribution is 7.99. The SMILES string of the molecule is O=C(CSc1nnc(N2CCCCC2)n1-c1ccccc1)NNC(=O)c1ccccc1. The van der Waals surface area contributed by atoms with E-state index in [9.17, 15) is 9.59 Å². The lowest BCUT2D eigenvalue weighted by atomic mass is 10.1. The third-order valence-electron chi connectivity index (χ3n) is 4.95. The highest BCUT2D eigenvalue weighted by Gasteiger charge is 2.22.